The minimum Gasteiger partial charge on any atom is -0.267 e. The zero-order valence-corrected chi connectivity index (χ0v) is 15.9. The van der Waals surface area contributed by atoms with E-state index in [4.69, 9.17) is 23.2 Å². The Hall–Kier alpha value is -2.30. The zero-order valence-electron chi connectivity index (χ0n) is 14.3. The molecule has 2 aromatic carbocycles. The van der Waals surface area contributed by atoms with E-state index in [0.29, 0.717) is 21.2 Å². The smallest absolute Gasteiger partial charge is 0.267 e. The lowest BCUT2D eigenvalue weighted by Crippen LogP contribution is -2.41. The lowest BCUT2D eigenvalue weighted by molar-refractivity contribution is 0.0954. The van der Waals surface area contributed by atoms with Gasteiger partial charge >= 0.3 is 0 Å². The maximum absolute atomic E-state index is 14.2. The molecule has 0 radical (unpaired) electrons. The molecule has 0 bridgehead atoms. The number of nitrogens with zero attached hydrogens (tertiary/aromatic N) is 2. The molecule has 0 atom stereocenters. The van der Waals surface area contributed by atoms with Crippen LogP contribution in [0.5, 0.6) is 0 Å². The van der Waals surface area contributed by atoms with Gasteiger partial charge in [0.1, 0.15) is 5.82 Å². The SMILES string of the molecule is Cc1ccc(C)n1N(Cc1ccccc1F)C(=O)c1ccc(Cl)c(Cl)c1. The second-order valence-electron chi connectivity index (χ2n) is 6.01. The van der Waals surface area contributed by atoms with E-state index in [0.717, 1.165) is 11.4 Å². The largest absolute Gasteiger partial charge is 0.273 e. The highest BCUT2D eigenvalue weighted by Gasteiger charge is 2.22. The number of amides is 1. The molecule has 26 heavy (non-hydrogen) atoms. The van der Waals surface area contributed by atoms with Gasteiger partial charge in [-0.2, -0.15) is 0 Å². The second kappa shape index (κ2) is 7.52. The Morgan fingerprint density at radius 3 is 2.27 bits per heavy atom. The van der Waals surface area contributed by atoms with Gasteiger partial charge in [-0.05, 0) is 50.2 Å². The highest BCUT2D eigenvalue weighted by molar-refractivity contribution is 6.42. The molecule has 0 spiro atoms. The maximum atomic E-state index is 14.2. The molecule has 3 nitrogen and oxygen atoms in total. The summed E-state index contributed by atoms with van der Waals surface area (Å²) in [5.74, 6) is -0.656. The van der Waals surface area contributed by atoms with Crippen LogP contribution in [0.25, 0.3) is 0 Å². The third kappa shape index (κ3) is 3.62. The first-order valence-corrected chi connectivity index (χ1v) is 8.79. The number of hydrogen-bond acceptors (Lipinski definition) is 1. The van der Waals surface area contributed by atoms with Crippen molar-refractivity contribution in [3.63, 3.8) is 0 Å². The quantitative estimate of drug-likeness (QED) is 0.574. The van der Waals surface area contributed by atoms with E-state index in [1.54, 1.807) is 35.0 Å². The van der Waals surface area contributed by atoms with Crippen LogP contribution in [0.3, 0.4) is 0 Å². The van der Waals surface area contributed by atoms with Gasteiger partial charge in [0.2, 0.25) is 0 Å². The third-order valence-corrected chi connectivity index (χ3v) is 4.89. The van der Waals surface area contributed by atoms with Crippen molar-refractivity contribution in [1.82, 2.24) is 4.68 Å². The van der Waals surface area contributed by atoms with Crippen LogP contribution in [-0.2, 0) is 6.54 Å². The molecule has 0 saturated heterocycles. The number of rotatable bonds is 4. The first-order valence-electron chi connectivity index (χ1n) is 8.04. The molecule has 0 N–H and O–H groups in total. The van der Waals surface area contributed by atoms with Gasteiger partial charge in [0, 0.05) is 22.5 Å². The Kier molecular flexibility index (Phi) is 5.35. The lowest BCUT2D eigenvalue weighted by Gasteiger charge is -2.27. The summed E-state index contributed by atoms with van der Waals surface area (Å²) in [5.41, 5.74) is 2.54. The molecular formula is C20H17Cl2FN2O. The summed E-state index contributed by atoms with van der Waals surface area (Å²) in [6.45, 7) is 3.87. The van der Waals surface area contributed by atoms with E-state index in [2.05, 4.69) is 0 Å². The summed E-state index contributed by atoms with van der Waals surface area (Å²) in [5, 5.41) is 2.17. The fraction of sp³-hybridized carbons (Fsp3) is 0.150. The Morgan fingerprint density at radius 1 is 1.00 bits per heavy atom. The Bertz CT molecular complexity index is 949. The molecule has 0 aliphatic rings. The highest BCUT2D eigenvalue weighted by atomic mass is 35.5. The van der Waals surface area contributed by atoms with Crippen LogP contribution in [0.2, 0.25) is 10.0 Å². The van der Waals surface area contributed by atoms with Crippen LogP contribution in [-0.4, -0.2) is 10.6 Å². The lowest BCUT2D eigenvalue weighted by atomic mass is 10.1. The number of halogens is 3. The van der Waals surface area contributed by atoms with Crippen LogP contribution < -0.4 is 5.01 Å². The number of aromatic nitrogens is 1. The summed E-state index contributed by atoms with van der Waals surface area (Å²) in [7, 11) is 0. The Balaban J connectivity index is 2.07. The molecule has 3 aromatic rings. The molecule has 1 aromatic heterocycles. The molecule has 0 aliphatic heterocycles. The van der Waals surface area contributed by atoms with Crippen molar-refractivity contribution in [2.45, 2.75) is 20.4 Å². The standard InChI is InChI=1S/C20H17Cl2FN2O/c1-13-7-8-14(2)25(13)24(12-16-5-3-4-6-19(16)23)20(26)15-9-10-17(21)18(22)11-15/h3-11H,12H2,1-2H3. The van der Waals surface area contributed by atoms with Crippen molar-refractivity contribution in [2.75, 3.05) is 5.01 Å². The predicted octanol–water partition coefficient (Wildman–Crippen LogP) is 5.53. The first-order chi connectivity index (χ1) is 12.4. The predicted molar refractivity (Wildman–Crippen MR) is 103 cm³/mol. The molecule has 1 heterocycles. The van der Waals surface area contributed by atoms with Crippen LogP contribution in [0.1, 0.15) is 27.3 Å². The third-order valence-electron chi connectivity index (χ3n) is 4.15. The fourth-order valence-corrected chi connectivity index (χ4v) is 3.14. The average molecular weight is 391 g/mol. The molecule has 3 rings (SSSR count). The minimum absolute atomic E-state index is 0.0854. The van der Waals surface area contributed by atoms with Crippen molar-refractivity contribution in [1.29, 1.82) is 0 Å². The van der Waals surface area contributed by atoms with E-state index in [1.165, 1.54) is 17.1 Å². The van der Waals surface area contributed by atoms with Gasteiger partial charge in [0.25, 0.3) is 5.91 Å². The average Bonchev–Trinajstić information content (AvgIpc) is 2.95. The zero-order chi connectivity index (χ0) is 18.8. The van der Waals surface area contributed by atoms with E-state index < -0.39 is 0 Å². The molecule has 0 unspecified atom stereocenters. The van der Waals surface area contributed by atoms with Crippen molar-refractivity contribution >= 4 is 29.1 Å². The normalized spacial score (nSPS) is 10.8. The summed E-state index contributed by atoms with van der Waals surface area (Å²) >= 11 is 12.0. The van der Waals surface area contributed by atoms with Crippen molar-refractivity contribution in [2.24, 2.45) is 0 Å². The fourth-order valence-electron chi connectivity index (χ4n) is 2.84. The number of carbonyl (C=O) groups excluding carboxylic acids is 1. The van der Waals surface area contributed by atoms with Gasteiger partial charge in [0.15, 0.2) is 0 Å². The van der Waals surface area contributed by atoms with E-state index in [1.807, 2.05) is 26.0 Å². The van der Waals surface area contributed by atoms with Gasteiger partial charge in [0.05, 0.1) is 16.6 Å². The molecule has 0 fully saturated rings. The molecule has 0 aliphatic carbocycles. The molecule has 1 amide bonds. The maximum Gasteiger partial charge on any atom is 0.273 e. The summed E-state index contributed by atoms with van der Waals surface area (Å²) in [6, 6.07) is 14.9. The van der Waals surface area contributed by atoms with Crippen LogP contribution in [0, 0.1) is 19.7 Å². The van der Waals surface area contributed by atoms with Crippen molar-refractivity contribution < 1.29 is 9.18 Å². The number of benzene rings is 2. The van der Waals surface area contributed by atoms with E-state index in [9.17, 15) is 9.18 Å². The first kappa shape index (κ1) is 18.5. The molecule has 6 heteroatoms. The van der Waals surface area contributed by atoms with Gasteiger partial charge in [-0.1, -0.05) is 41.4 Å². The highest BCUT2D eigenvalue weighted by Crippen LogP contribution is 2.24. The van der Waals surface area contributed by atoms with Gasteiger partial charge in [-0.3, -0.25) is 9.47 Å². The topological polar surface area (TPSA) is 25.2 Å². The Labute approximate surface area is 161 Å². The van der Waals surface area contributed by atoms with Crippen LogP contribution >= 0.6 is 23.2 Å². The summed E-state index contributed by atoms with van der Waals surface area (Å²) < 4.78 is 16.0. The van der Waals surface area contributed by atoms with E-state index in [-0.39, 0.29) is 18.3 Å². The summed E-state index contributed by atoms with van der Waals surface area (Å²) in [6.07, 6.45) is 0. The van der Waals surface area contributed by atoms with E-state index >= 15 is 0 Å². The Morgan fingerprint density at radius 2 is 1.65 bits per heavy atom. The number of aryl methyl sites for hydroxylation is 2. The second-order valence-corrected chi connectivity index (χ2v) is 6.83. The van der Waals surface area contributed by atoms with Crippen molar-refractivity contribution in [3.05, 3.63) is 93.0 Å². The molecular weight excluding hydrogens is 374 g/mol. The minimum atomic E-state index is -0.359. The summed E-state index contributed by atoms with van der Waals surface area (Å²) in [4.78, 5) is 13.2. The number of carbonyl (C=O) groups is 1. The van der Waals surface area contributed by atoms with Crippen LogP contribution in [0.15, 0.2) is 54.6 Å². The van der Waals surface area contributed by atoms with Gasteiger partial charge in [-0.25, -0.2) is 9.40 Å². The monoisotopic (exact) mass is 390 g/mol. The molecule has 134 valence electrons. The molecule has 0 saturated carbocycles. The van der Waals surface area contributed by atoms with Crippen LogP contribution in [0.4, 0.5) is 4.39 Å². The number of hydrogen-bond donors (Lipinski definition) is 0. The van der Waals surface area contributed by atoms with Gasteiger partial charge < -0.3 is 0 Å². The van der Waals surface area contributed by atoms with Crippen molar-refractivity contribution in [3.8, 4) is 0 Å². The van der Waals surface area contributed by atoms with Gasteiger partial charge in [-0.15, -0.1) is 0 Å².